The van der Waals surface area contributed by atoms with E-state index in [-0.39, 0.29) is 0 Å². The molecule has 1 saturated carbocycles. The molecule has 1 aromatic rings. The fourth-order valence-electron chi connectivity index (χ4n) is 1.92. The predicted molar refractivity (Wildman–Crippen MR) is 63.3 cm³/mol. The molecule has 0 saturated heterocycles. The zero-order valence-corrected chi connectivity index (χ0v) is 9.81. The van der Waals surface area contributed by atoms with Crippen molar-refractivity contribution in [2.45, 2.75) is 18.9 Å². The number of hydrogen-bond donors (Lipinski definition) is 1. The van der Waals surface area contributed by atoms with E-state index in [2.05, 4.69) is 18.0 Å². The van der Waals surface area contributed by atoms with E-state index in [9.17, 15) is 0 Å². The number of halogens is 1. The van der Waals surface area contributed by atoms with E-state index in [0.717, 1.165) is 16.8 Å². The minimum Gasteiger partial charge on any atom is -0.366 e. The van der Waals surface area contributed by atoms with Gasteiger partial charge >= 0.3 is 0 Å². The molecule has 0 amide bonds. The van der Waals surface area contributed by atoms with E-state index in [4.69, 9.17) is 17.3 Å². The molecule has 1 heterocycles. The zero-order chi connectivity index (χ0) is 10.1. The first-order valence-electron chi connectivity index (χ1n) is 4.87. The van der Waals surface area contributed by atoms with Crippen LogP contribution in [0.5, 0.6) is 0 Å². The maximum Gasteiger partial charge on any atom is 0.0950 e. The van der Waals surface area contributed by atoms with Crippen molar-refractivity contribution >= 4 is 27.9 Å². The van der Waals surface area contributed by atoms with E-state index in [1.54, 1.807) is 11.3 Å². The summed E-state index contributed by atoms with van der Waals surface area (Å²) in [6.07, 6.45) is 2.34. The van der Waals surface area contributed by atoms with Crippen LogP contribution in [0.2, 0.25) is 4.34 Å². The Morgan fingerprint density at radius 2 is 2.29 bits per heavy atom. The van der Waals surface area contributed by atoms with Gasteiger partial charge in [0.25, 0.3) is 0 Å². The minimum atomic E-state index is 0.445. The highest BCUT2D eigenvalue weighted by Gasteiger charge is 2.26. The van der Waals surface area contributed by atoms with Crippen molar-refractivity contribution in [1.82, 2.24) is 0 Å². The first kappa shape index (κ1) is 10.3. The number of nitrogens with two attached hydrogens (primary N) is 1. The van der Waals surface area contributed by atoms with Crippen LogP contribution < -0.4 is 10.6 Å². The van der Waals surface area contributed by atoms with E-state index < -0.39 is 0 Å². The summed E-state index contributed by atoms with van der Waals surface area (Å²) in [6.45, 7) is 1.10. The Bertz CT molecular complexity index is 307. The Balaban J connectivity index is 1.86. The quantitative estimate of drug-likeness (QED) is 0.865. The third-order valence-electron chi connectivity index (χ3n) is 2.74. The second kappa shape index (κ2) is 4.09. The lowest BCUT2D eigenvalue weighted by Crippen LogP contribution is -2.41. The number of hydrogen-bond acceptors (Lipinski definition) is 3. The van der Waals surface area contributed by atoms with E-state index in [1.165, 1.54) is 17.8 Å². The van der Waals surface area contributed by atoms with Crippen molar-refractivity contribution in [1.29, 1.82) is 0 Å². The molecule has 0 atom stereocenters. The van der Waals surface area contributed by atoms with Gasteiger partial charge in [0.05, 0.1) is 9.34 Å². The van der Waals surface area contributed by atoms with Crippen LogP contribution >= 0.6 is 22.9 Å². The Morgan fingerprint density at radius 1 is 1.57 bits per heavy atom. The van der Waals surface area contributed by atoms with Crippen molar-refractivity contribution in [2.24, 2.45) is 11.7 Å². The second-order valence-electron chi connectivity index (χ2n) is 4.06. The molecule has 2 nitrogen and oxygen atoms in total. The van der Waals surface area contributed by atoms with Gasteiger partial charge in [0, 0.05) is 19.6 Å². The largest absolute Gasteiger partial charge is 0.366 e. The Labute approximate surface area is 93.7 Å². The predicted octanol–water partition coefficient (Wildman–Crippen LogP) is 2.58. The van der Waals surface area contributed by atoms with Gasteiger partial charge < -0.3 is 10.6 Å². The molecule has 0 spiro atoms. The third-order valence-corrected chi connectivity index (χ3v) is 4.08. The topological polar surface area (TPSA) is 29.3 Å². The zero-order valence-electron chi connectivity index (χ0n) is 8.24. The van der Waals surface area contributed by atoms with E-state index in [1.807, 2.05) is 6.07 Å². The molecule has 1 aliphatic rings. The second-order valence-corrected chi connectivity index (χ2v) is 5.75. The molecule has 4 heteroatoms. The van der Waals surface area contributed by atoms with Crippen molar-refractivity contribution in [2.75, 3.05) is 18.5 Å². The molecule has 0 aliphatic heterocycles. The van der Waals surface area contributed by atoms with E-state index in [0.29, 0.717) is 6.04 Å². The average Bonchev–Trinajstić information content (AvgIpc) is 2.49. The Hall–Kier alpha value is -0.250. The van der Waals surface area contributed by atoms with Gasteiger partial charge in [-0.2, -0.15) is 0 Å². The summed E-state index contributed by atoms with van der Waals surface area (Å²) in [6, 6.07) is 4.47. The van der Waals surface area contributed by atoms with Crippen LogP contribution in [0.3, 0.4) is 0 Å². The van der Waals surface area contributed by atoms with Crippen molar-refractivity contribution in [3.63, 3.8) is 0 Å². The molecule has 1 aliphatic carbocycles. The van der Waals surface area contributed by atoms with Gasteiger partial charge in [-0.3, -0.25) is 0 Å². The molecular formula is C10H15ClN2S. The van der Waals surface area contributed by atoms with Crippen LogP contribution in [0.15, 0.2) is 12.1 Å². The van der Waals surface area contributed by atoms with Crippen LogP contribution in [0, 0.1) is 5.92 Å². The normalized spacial score (nSPS) is 25.9. The highest BCUT2D eigenvalue weighted by atomic mass is 35.5. The SMILES string of the molecule is CN(CC1CC(N)C1)c1ccc(Cl)s1. The summed E-state index contributed by atoms with van der Waals surface area (Å²) in [7, 11) is 2.12. The number of anilines is 1. The van der Waals surface area contributed by atoms with Gasteiger partial charge in [-0.05, 0) is 30.9 Å². The van der Waals surface area contributed by atoms with Crippen LogP contribution in [-0.2, 0) is 0 Å². The molecule has 0 radical (unpaired) electrons. The van der Waals surface area contributed by atoms with Gasteiger partial charge in [-0.25, -0.2) is 0 Å². The summed E-state index contributed by atoms with van der Waals surface area (Å²) in [4.78, 5) is 2.27. The Kier molecular flexibility index (Phi) is 3.00. The molecule has 1 aromatic heterocycles. The maximum atomic E-state index is 5.88. The molecular weight excluding hydrogens is 216 g/mol. The Morgan fingerprint density at radius 3 is 2.79 bits per heavy atom. The highest BCUT2D eigenvalue weighted by molar-refractivity contribution is 7.19. The van der Waals surface area contributed by atoms with Gasteiger partial charge in [0.2, 0.25) is 0 Å². The average molecular weight is 231 g/mol. The van der Waals surface area contributed by atoms with Gasteiger partial charge in [-0.1, -0.05) is 11.6 Å². The molecule has 14 heavy (non-hydrogen) atoms. The van der Waals surface area contributed by atoms with Crippen LogP contribution in [0.4, 0.5) is 5.00 Å². The minimum absolute atomic E-state index is 0.445. The van der Waals surface area contributed by atoms with Gasteiger partial charge in [0.15, 0.2) is 0 Å². The monoisotopic (exact) mass is 230 g/mol. The molecule has 2 rings (SSSR count). The van der Waals surface area contributed by atoms with E-state index >= 15 is 0 Å². The number of thiophene rings is 1. The summed E-state index contributed by atoms with van der Waals surface area (Å²) in [5, 5.41) is 1.25. The highest BCUT2D eigenvalue weighted by Crippen LogP contribution is 2.32. The molecule has 0 bridgehead atoms. The summed E-state index contributed by atoms with van der Waals surface area (Å²) >= 11 is 7.52. The number of nitrogens with zero attached hydrogens (tertiary/aromatic N) is 1. The molecule has 0 unspecified atom stereocenters. The maximum absolute atomic E-state index is 5.88. The molecule has 78 valence electrons. The van der Waals surface area contributed by atoms with Crippen molar-refractivity contribution in [3.05, 3.63) is 16.5 Å². The third kappa shape index (κ3) is 2.22. The fourth-order valence-corrected chi connectivity index (χ4v) is 2.93. The molecule has 1 fully saturated rings. The van der Waals surface area contributed by atoms with Crippen molar-refractivity contribution < 1.29 is 0 Å². The first-order chi connectivity index (χ1) is 6.65. The van der Waals surface area contributed by atoms with Crippen LogP contribution in [-0.4, -0.2) is 19.6 Å². The van der Waals surface area contributed by atoms with Crippen LogP contribution in [0.1, 0.15) is 12.8 Å². The lowest BCUT2D eigenvalue weighted by Gasteiger charge is -2.35. The molecule has 2 N–H and O–H groups in total. The summed E-state index contributed by atoms with van der Waals surface area (Å²) in [5.41, 5.74) is 5.75. The summed E-state index contributed by atoms with van der Waals surface area (Å²) < 4.78 is 0.858. The lowest BCUT2D eigenvalue weighted by atomic mass is 9.81. The lowest BCUT2D eigenvalue weighted by molar-refractivity contribution is 0.271. The fraction of sp³-hybridized carbons (Fsp3) is 0.600. The van der Waals surface area contributed by atoms with Gasteiger partial charge in [0.1, 0.15) is 0 Å². The number of rotatable bonds is 3. The first-order valence-corrected chi connectivity index (χ1v) is 6.06. The summed E-state index contributed by atoms with van der Waals surface area (Å²) in [5.74, 6) is 0.774. The molecule has 0 aromatic carbocycles. The van der Waals surface area contributed by atoms with Crippen molar-refractivity contribution in [3.8, 4) is 0 Å². The van der Waals surface area contributed by atoms with Gasteiger partial charge in [-0.15, -0.1) is 11.3 Å². The standard InChI is InChI=1S/C10H15ClN2S/c1-13(6-7-4-8(12)5-7)10-3-2-9(11)14-10/h2-3,7-8H,4-6,12H2,1H3. The van der Waals surface area contributed by atoms with Crippen LogP contribution in [0.25, 0.3) is 0 Å². The smallest absolute Gasteiger partial charge is 0.0950 e.